The molecule has 0 aliphatic heterocycles. The van der Waals surface area contributed by atoms with Crippen molar-refractivity contribution in [3.8, 4) is 0 Å². The van der Waals surface area contributed by atoms with Gasteiger partial charge in [0.25, 0.3) is 0 Å². The number of hydrogen-bond acceptors (Lipinski definition) is 2. The van der Waals surface area contributed by atoms with E-state index in [0.717, 1.165) is 4.47 Å². The molecule has 16 heavy (non-hydrogen) atoms. The highest BCUT2D eigenvalue weighted by Crippen LogP contribution is 2.25. The SMILES string of the molecule is CC(C(=O)Nc1ccc(Br)cc1Cl)C(N)=S. The van der Waals surface area contributed by atoms with E-state index in [0.29, 0.717) is 10.7 Å². The zero-order valence-corrected chi connectivity index (χ0v) is 11.6. The Morgan fingerprint density at radius 1 is 1.62 bits per heavy atom. The zero-order chi connectivity index (χ0) is 12.3. The van der Waals surface area contributed by atoms with Crippen LogP contribution in [0.3, 0.4) is 0 Å². The minimum atomic E-state index is -0.519. The fourth-order valence-electron chi connectivity index (χ4n) is 0.961. The topological polar surface area (TPSA) is 55.1 Å². The second kappa shape index (κ2) is 5.61. The summed E-state index contributed by atoms with van der Waals surface area (Å²) in [7, 11) is 0. The Bertz CT molecular complexity index is 439. The molecular formula is C10H10BrClN2OS. The van der Waals surface area contributed by atoms with E-state index in [1.165, 1.54) is 0 Å². The van der Waals surface area contributed by atoms with Crippen molar-refractivity contribution in [2.24, 2.45) is 11.7 Å². The third-order valence-electron chi connectivity index (χ3n) is 2.01. The number of amides is 1. The molecule has 3 nitrogen and oxygen atoms in total. The molecule has 1 atom stereocenters. The molecule has 3 N–H and O–H groups in total. The standard InChI is InChI=1S/C10H10BrClN2OS/c1-5(9(13)16)10(15)14-8-3-2-6(11)4-7(8)12/h2-5H,1H3,(H2,13,16)(H,14,15). The van der Waals surface area contributed by atoms with E-state index in [1.807, 2.05) is 0 Å². The third-order valence-corrected chi connectivity index (χ3v) is 3.17. The Morgan fingerprint density at radius 2 is 2.25 bits per heavy atom. The summed E-state index contributed by atoms with van der Waals surface area (Å²) in [6, 6.07) is 5.19. The molecule has 1 unspecified atom stereocenters. The van der Waals surface area contributed by atoms with Crippen LogP contribution in [-0.4, -0.2) is 10.9 Å². The summed E-state index contributed by atoms with van der Waals surface area (Å²) in [5.41, 5.74) is 5.92. The molecule has 0 bridgehead atoms. The first-order valence-corrected chi connectivity index (χ1v) is 6.05. The van der Waals surface area contributed by atoms with Crippen LogP contribution in [0.15, 0.2) is 22.7 Å². The van der Waals surface area contributed by atoms with Crippen molar-refractivity contribution in [2.45, 2.75) is 6.92 Å². The van der Waals surface area contributed by atoms with Crippen molar-refractivity contribution in [3.63, 3.8) is 0 Å². The molecule has 0 radical (unpaired) electrons. The predicted octanol–water partition coefficient (Wildman–Crippen LogP) is 2.96. The number of nitrogens with two attached hydrogens (primary N) is 1. The van der Waals surface area contributed by atoms with Crippen molar-refractivity contribution in [3.05, 3.63) is 27.7 Å². The van der Waals surface area contributed by atoms with Crippen molar-refractivity contribution >= 4 is 56.3 Å². The van der Waals surface area contributed by atoms with Crippen LogP contribution in [0.2, 0.25) is 5.02 Å². The minimum absolute atomic E-state index is 0.158. The molecule has 1 aromatic carbocycles. The Labute approximate surface area is 112 Å². The summed E-state index contributed by atoms with van der Waals surface area (Å²) < 4.78 is 0.845. The van der Waals surface area contributed by atoms with Crippen molar-refractivity contribution < 1.29 is 4.79 Å². The number of benzene rings is 1. The van der Waals surface area contributed by atoms with Crippen LogP contribution in [0, 0.1) is 5.92 Å². The second-order valence-electron chi connectivity index (χ2n) is 3.24. The average Bonchev–Trinajstić information content (AvgIpc) is 2.20. The van der Waals surface area contributed by atoms with Crippen LogP contribution >= 0.6 is 39.7 Å². The highest BCUT2D eigenvalue weighted by molar-refractivity contribution is 9.10. The molecule has 0 aliphatic carbocycles. The number of thiocarbonyl (C=S) groups is 1. The van der Waals surface area contributed by atoms with E-state index in [2.05, 4.69) is 21.2 Å². The van der Waals surface area contributed by atoms with Gasteiger partial charge in [0.05, 0.1) is 21.6 Å². The van der Waals surface area contributed by atoms with Crippen LogP contribution in [0.4, 0.5) is 5.69 Å². The normalized spacial score (nSPS) is 11.9. The monoisotopic (exact) mass is 320 g/mol. The lowest BCUT2D eigenvalue weighted by Crippen LogP contribution is -2.30. The van der Waals surface area contributed by atoms with Gasteiger partial charge in [0, 0.05) is 4.47 Å². The van der Waals surface area contributed by atoms with E-state index < -0.39 is 5.92 Å². The van der Waals surface area contributed by atoms with Gasteiger partial charge >= 0.3 is 0 Å². The van der Waals surface area contributed by atoms with Crippen LogP contribution in [0.25, 0.3) is 0 Å². The van der Waals surface area contributed by atoms with Gasteiger partial charge < -0.3 is 11.1 Å². The molecule has 1 aromatic rings. The molecule has 0 heterocycles. The maximum atomic E-state index is 11.6. The summed E-state index contributed by atoms with van der Waals surface area (Å²) in [4.78, 5) is 11.8. The van der Waals surface area contributed by atoms with E-state index >= 15 is 0 Å². The van der Waals surface area contributed by atoms with Crippen LogP contribution < -0.4 is 11.1 Å². The smallest absolute Gasteiger partial charge is 0.234 e. The fourth-order valence-corrected chi connectivity index (χ4v) is 1.79. The summed E-state index contributed by atoms with van der Waals surface area (Å²) in [5, 5.41) is 3.12. The van der Waals surface area contributed by atoms with E-state index in [9.17, 15) is 4.79 Å². The van der Waals surface area contributed by atoms with Gasteiger partial charge in [-0.3, -0.25) is 4.79 Å². The van der Waals surface area contributed by atoms with Crippen molar-refractivity contribution in [1.82, 2.24) is 0 Å². The summed E-state index contributed by atoms with van der Waals surface area (Å²) in [5.74, 6) is -0.786. The molecule has 0 aromatic heterocycles. The predicted molar refractivity (Wildman–Crippen MR) is 73.7 cm³/mol. The lowest BCUT2D eigenvalue weighted by molar-refractivity contribution is -0.117. The molecule has 0 aliphatic rings. The molecule has 0 saturated carbocycles. The Kier molecular flexibility index (Phi) is 4.70. The highest BCUT2D eigenvalue weighted by Gasteiger charge is 2.16. The van der Waals surface area contributed by atoms with Gasteiger partial charge in [0.15, 0.2) is 0 Å². The van der Waals surface area contributed by atoms with Gasteiger partial charge in [-0.1, -0.05) is 39.7 Å². The van der Waals surface area contributed by atoms with E-state index in [4.69, 9.17) is 29.6 Å². The Morgan fingerprint density at radius 3 is 2.75 bits per heavy atom. The molecule has 6 heteroatoms. The number of rotatable bonds is 3. The largest absolute Gasteiger partial charge is 0.393 e. The maximum Gasteiger partial charge on any atom is 0.234 e. The molecule has 1 amide bonds. The van der Waals surface area contributed by atoms with E-state index in [1.54, 1.807) is 25.1 Å². The van der Waals surface area contributed by atoms with Crippen molar-refractivity contribution in [2.75, 3.05) is 5.32 Å². The first kappa shape index (κ1) is 13.4. The van der Waals surface area contributed by atoms with Gasteiger partial charge in [-0.15, -0.1) is 0 Å². The van der Waals surface area contributed by atoms with Gasteiger partial charge in [-0.2, -0.15) is 0 Å². The molecule has 1 rings (SSSR count). The second-order valence-corrected chi connectivity index (χ2v) is 5.03. The highest BCUT2D eigenvalue weighted by atomic mass is 79.9. The first-order chi connectivity index (χ1) is 7.41. The Balaban J connectivity index is 2.81. The maximum absolute atomic E-state index is 11.6. The Hall–Kier alpha value is -0.650. The molecule has 0 saturated heterocycles. The lowest BCUT2D eigenvalue weighted by Gasteiger charge is -2.11. The quantitative estimate of drug-likeness (QED) is 0.842. The van der Waals surface area contributed by atoms with Crippen LogP contribution in [0.5, 0.6) is 0 Å². The first-order valence-electron chi connectivity index (χ1n) is 4.47. The van der Waals surface area contributed by atoms with E-state index in [-0.39, 0.29) is 10.9 Å². The summed E-state index contributed by atoms with van der Waals surface area (Å²) in [6.07, 6.45) is 0. The number of carbonyl (C=O) groups is 1. The van der Waals surface area contributed by atoms with Gasteiger partial charge in [-0.25, -0.2) is 0 Å². The summed E-state index contributed by atoms with van der Waals surface area (Å²) >= 11 is 14.0. The fraction of sp³-hybridized carbons (Fsp3) is 0.200. The van der Waals surface area contributed by atoms with Crippen molar-refractivity contribution in [1.29, 1.82) is 0 Å². The third kappa shape index (κ3) is 3.43. The number of anilines is 1. The number of carbonyl (C=O) groups excluding carboxylic acids is 1. The molecule has 0 fully saturated rings. The zero-order valence-electron chi connectivity index (χ0n) is 8.46. The number of halogens is 2. The van der Waals surface area contributed by atoms with Gasteiger partial charge in [0.1, 0.15) is 0 Å². The molecular weight excluding hydrogens is 312 g/mol. The molecule has 0 spiro atoms. The average molecular weight is 322 g/mol. The van der Waals surface area contributed by atoms with Crippen LogP contribution in [-0.2, 0) is 4.79 Å². The van der Waals surface area contributed by atoms with Gasteiger partial charge in [0.2, 0.25) is 5.91 Å². The number of nitrogens with one attached hydrogen (secondary N) is 1. The van der Waals surface area contributed by atoms with Crippen LogP contribution in [0.1, 0.15) is 6.92 Å². The summed E-state index contributed by atoms with van der Waals surface area (Å²) in [6.45, 7) is 1.64. The van der Waals surface area contributed by atoms with Gasteiger partial charge in [-0.05, 0) is 25.1 Å². The lowest BCUT2D eigenvalue weighted by atomic mass is 10.1. The number of hydrogen-bond donors (Lipinski definition) is 2. The minimum Gasteiger partial charge on any atom is -0.393 e. The molecule has 86 valence electrons.